The molecular formula is C8H13NO. The van der Waals surface area contributed by atoms with E-state index in [1.54, 1.807) is 0 Å². The maximum Gasteiger partial charge on any atom is 0.0783 e. The first-order valence-electron chi connectivity index (χ1n) is 4.29. The van der Waals surface area contributed by atoms with Crippen molar-refractivity contribution in [2.45, 2.75) is 31.6 Å². The van der Waals surface area contributed by atoms with E-state index in [0.29, 0.717) is 12.2 Å². The van der Waals surface area contributed by atoms with Crippen LogP contribution in [0.15, 0.2) is 0 Å². The molecule has 0 N–H and O–H groups in total. The van der Waals surface area contributed by atoms with E-state index in [1.165, 1.54) is 19.5 Å². The van der Waals surface area contributed by atoms with Crippen LogP contribution in [0.2, 0.25) is 0 Å². The highest BCUT2D eigenvalue weighted by molar-refractivity contribution is 5.15. The Kier molecular flexibility index (Phi) is 0.868. The summed E-state index contributed by atoms with van der Waals surface area (Å²) in [4.78, 5) is 2.58. The van der Waals surface area contributed by atoms with E-state index in [9.17, 15) is 0 Å². The van der Waals surface area contributed by atoms with Crippen LogP contribution < -0.4 is 0 Å². The van der Waals surface area contributed by atoms with Gasteiger partial charge in [-0.1, -0.05) is 6.92 Å². The minimum Gasteiger partial charge on any atom is -0.372 e. The summed E-state index contributed by atoms with van der Waals surface area (Å²) in [6.45, 7) is 4.67. The Morgan fingerprint density at radius 3 is 2.90 bits per heavy atom. The molecule has 1 aliphatic carbocycles. The summed E-state index contributed by atoms with van der Waals surface area (Å²) in [6.07, 6.45) is 2.60. The molecule has 10 heavy (non-hydrogen) atoms. The fourth-order valence-electron chi connectivity index (χ4n) is 2.68. The van der Waals surface area contributed by atoms with Crippen LogP contribution >= 0.6 is 0 Å². The van der Waals surface area contributed by atoms with Crippen LogP contribution in [0, 0.1) is 5.92 Å². The molecule has 4 rings (SSSR count). The lowest BCUT2D eigenvalue weighted by molar-refractivity contribution is -0.0245. The molecule has 3 saturated heterocycles. The Morgan fingerprint density at radius 1 is 1.60 bits per heavy atom. The van der Waals surface area contributed by atoms with Crippen LogP contribution in [-0.2, 0) is 4.74 Å². The summed E-state index contributed by atoms with van der Waals surface area (Å²) in [5, 5.41) is 0. The third kappa shape index (κ3) is 0.487. The zero-order chi connectivity index (χ0) is 6.72. The van der Waals surface area contributed by atoms with Crippen LogP contribution in [-0.4, -0.2) is 36.2 Å². The van der Waals surface area contributed by atoms with E-state index in [0.717, 1.165) is 12.0 Å². The monoisotopic (exact) mass is 139 g/mol. The fourth-order valence-corrected chi connectivity index (χ4v) is 2.68. The second-order valence-corrected chi connectivity index (χ2v) is 3.70. The van der Waals surface area contributed by atoms with Crippen LogP contribution in [0.3, 0.4) is 0 Å². The van der Waals surface area contributed by atoms with Crippen LogP contribution in [0.1, 0.15) is 13.3 Å². The predicted molar refractivity (Wildman–Crippen MR) is 37.8 cm³/mol. The molecular weight excluding hydrogens is 126 g/mol. The minimum absolute atomic E-state index is 0.597. The standard InChI is InChI=1S/C8H13NO/c1-2-9-4-5-3-6-7(9)8(6)10-5/h5-8H,2-4H2,1H3. The van der Waals surface area contributed by atoms with Gasteiger partial charge in [-0.15, -0.1) is 0 Å². The Hall–Kier alpha value is -0.0800. The lowest BCUT2D eigenvalue weighted by atomic mass is 10.1. The van der Waals surface area contributed by atoms with Gasteiger partial charge in [-0.2, -0.15) is 0 Å². The molecule has 0 aromatic carbocycles. The molecule has 2 nitrogen and oxygen atoms in total. The smallest absolute Gasteiger partial charge is 0.0783 e. The first kappa shape index (κ1) is 5.56. The van der Waals surface area contributed by atoms with Gasteiger partial charge in [-0.05, 0) is 13.0 Å². The Bertz CT molecular complexity index is 159. The van der Waals surface area contributed by atoms with Gasteiger partial charge in [-0.3, -0.25) is 4.90 Å². The van der Waals surface area contributed by atoms with Gasteiger partial charge in [0.2, 0.25) is 0 Å². The largest absolute Gasteiger partial charge is 0.372 e. The number of piperidine rings is 1. The molecule has 0 spiro atoms. The van der Waals surface area contributed by atoms with Crippen molar-refractivity contribution in [3.8, 4) is 0 Å². The topological polar surface area (TPSA) is 12.5 Å². The summed E-state index contributed by atoms with van der Waals surface area (Å²) < 4.78 is 5.72. The number of hydrogen-bond donors (Lipinski definition) is 0. The summed E-state index contributed by atoms with van der Waals surface area (Å²) in [5.41, 5.74) is 0. The van der Waals surface area contributed by atoms with Crippen LogP contribution in [0.4, 0.5) is 0 Å². The van der Waals surface area contributed by atoms with Gasteiger partial charge in [0, 0.05) is 18.5 Å². The molecule has 56 valence electrons. The zero-order valence-electron chi connectivity index (χ0n) is 6.29. The second-order valence-electron chi connectivity index (χ2n) is 3.70. The van der Waals surface area contributed by atoms with E-state index < -0.39 is 0 Å². The van der Waals surface area contributed by atoms with Crippen molar-refractivity contribution in [3.63, 3.8) is 0 Å². The van der Waals surface area contributed by atoms with Gasteiger partial charge in [0.1, 0.15) is 0 Å². The van der Waals surface area contributed by atoms with Crippen molar-refractivity contribution in [2.24, 2.45) is 5.92 Å². The van der Waals surface area contributed by atoms with Crippen molar-refractivity contribution in [3.05, 3.63) is 0 Å². The third-order valence-electron chi connectivity index (χ3n) is 3.21. The first-order valence-corrected chi connectivity index (χ1v) is 4.29. The average molecular weight is 139 g/mol. The number of rotatable bonds is 1. The van der Waals surface area contributed by atoms with Crippen molar-refractivity contribution in [2.75, 3.05) is 13.1 Å². The lowest BCUT2D eigenvalue weighted by Crippen LogP contribution is -2.44. The van der Waals surface area contributed by atoms with Crippen molar-refractivity contribution >= 4 is 0 Å². The molecule has 1 saturated carbocycles. The molecule has 3 heterocycles. The third-order valence-corrected chi connectivity index (χ3v) is 3.21. The van der Waals surface area contributed by atoms with Gasteiger partial charge in [-0.25, -0.2) is 0 Å². The molecule has 4 fully saturated rings. The Balaban J connectivity index is 1.84. The zero-order valence-corrected chi connectivity index (χ0v) is 6.29. The van der Waals surface area contributed by atoms with Gasteiger partial charge < -0.3 is 4.74 Å². The van der Waals surface area contributed by atoms with Crippen LogP contribution in [0.25, 0.3) is 0 Å². The number of ether oxygens (including phenoxy) is 1. The molecule has 0 amide bonds. The maximum atomic E-state index is 5.72. The van der Waals surface area contributed by atoms with Gasteiger partial charge in [0.05, 0.1) is 12.2 Å². The molecule has 2 heteroatoms. The van der Waals surface area contributed by atoms with Gasteiger partial charge in [0.25, 0.3) is 0 Å². The Morgan fingerprint density at radius 2 is 2.50 bits per heavy atom. The number of fused-ring (bicyclic) bond motifs is 1. The molecule has 4 unspecified atom stereocenters. The highest BCUT2D eigenvalue weighted by Gasteiger charge is 2.63. The van der Waals surface area contributed by atoms with Gasteiger partial charge in [0.15, 0.2) is 0 Å². The molecule has 4 bridgehead atoms. The summed E-state index contributed by atoms with van der Waals surface area (Å²) in [6, 6.07) is 0.829. The van der Waals surface area contributed by atoms with Crippen molar-refractivity contribution in [1.82, 2.24) is 4.90 Å². The molecule has 0 aromatic heterocycles. The Labute approximate surface area is 61.1 Å². The summed E-state index contributed by atoms with van der Waals surface area (Å²) in [5.74, 6) is 0.929. The molecule has 0 radical (unpaired) electrons. The minimum atomic E-state index is 0.597. The average Bonchev–Trinajstić information content (AvgIpc) is 2.55. The van der Waals surface area contributed by atoms with Gasteiger partial charge >= 0.3 is 0 Å². The maximum absolute atomic E-state index is 5.72. The summed E-state index contributed by atoms with van der Waals surface area (Å²) >= 11 is 0. The SMILES string of the molecule is CCN1CC2CC3C(O2)C31. The molecule has 4 aliphatic rings. The summed E-state index contributed by atoms with van der Waals surface area (Å²) in [7, 11) is 0. The van der Waals surface area contributed by atoms with Crippen molar-refractivity contribution < 1.29 is 4.74 Å². The number of hydrogen-bond acceptors (Lipinski definition) is 2. The second kappa shape index (κ2) is 1.56. The van der Waals surface area contributed by atoms with Crippen LogP contribution in [0.5, 0.6) is 0 Å². The number of morpholine rings is 1. The van der Waals surface area contributed by atoms with E-state index in [2.05, 4.69) is 11.8 Å². The first-order chi connectivity index (χ1) is 4.90. The fraction of sp³-hybridized carbons (Fsp3) is 1.00. The van der Waals surface area contributed by atoms with E-state index in [-0.39, 0.29) is 0 Å². The predicted octanol–water partition coefficient (Wildman–Crippen LogP) is 0.478. The molecule has 0 aromatic rings. The number of nitrogens with zero attached hydrogens (tertiary/aromatic N) is 1. The quantitative estimate of drug-likeness (QED) is 0.524. The number of likely N-dealkylation sites (N-methyl/N-ethyl adjacent to an activating group) is 1. The normalized spacial score (nSPS) is 57.3. The molecule has 3 aliphatic heterocycles. The van der Waals surface area contributed by atoms with E-state index in [1.807, 2.05) is 0 Å². The van der Waals surface area contributed by atoms with E-state index >= 15 is 0 Å². The molecule has 4 atom stereocenters. The van der Waals surface area contributed by atoms with Crippen molar-refractivity contribution in [1.29, 1.82) is 0 Å². The lowest BCUT2D eigenvalue weighted by Gasteiger charge is -2.32. The highest BCUT2D eigenvalue weighted by Crippen LogP contribution is 2.52. The van der Waals surface area contributed by atoms with E-state index in [4.69, 9.17) is 4.74 Å². The highest BCUT2D eigenvalue weighted by atomic mass is 16.5.